The first-order valence-corrected chi connectivity index (χ1v) is 6.44. The van der Waals surface area contributed by atoms with Crippen LogP contribution in [0.25, 0.3) is 0 Å². The summed E-state index contributed by atoms with van der Waals surface area (Å²) in [6.45, 7) is 10.6. The smallest absolute Gasteiger partial charge is 0.226 e. The summed E-state index contributed by atoms with van der Waals surface area (Å²) in [5, 5.41) is 7.44. The third-order valence-electron chi connectivity index (χ3n) is 3.14. The van der Waals surface area contributed by atoms with Crippen molar-refractivity contribution in [2.24, 2.45) is 5.92 Å². The van der Waals surface area contributed by atoms with Crippen molar-refractivity contribution in [1.29, 1.82) is 0 Å². The molecule has 2 heterocycles. The average Bonchev–Trinajstić information content (AvgIpc) is 2.77. The fourth-order valence-corrected chi connectivity index (χ4v) is 2.10. The number of nitrogens with zero attached hydrogens (tertiary/aromatic N) is 3. The zero-order valence-corrected chi connectivity index (χ0v) is 10.9. The lowest BCUT2D eigenvalue weighted by atomic mass is 10.1. The molecule has 5 nitrogen and oxygen atoms in total. The highest BCUT2D eigenvalue weighted by Gasteiger charge is 2.22. The molecule has 1 aliphatic rings. The highest BCUT2D eigenvalue weighted by molar-refractivity contribution is 4.94. The van der Waals surface area contributed by atoms with Gasteiger partial charge in [0.25, 0.3) is 0 Å². The normalized spacial score (nSPS) is 19.8. The quantitative estimate of drug-likeness (QED) is 0.855. The molecule has 1 N–H and O–H groups in total. The van der Waals surface area contributed by atoms with Gasteiger partial charge in [0.15, 0.2) is 5.82 Å². The molecule has 1 aromatic heterocycles. The SMILES string of the molecule is CC(C)Cc1nc(C(C)N2CCNCC2)no1. The summed E-state index contributed by atoms with van der Waals surface area (Å²) in [4.78, 5) is 6.88. The first-order chi connectivity index (χ1) is 8.16. The number of rotatable bonds is 4. The summed E-state index contributed by atoms with van der Waals surface area (Å²) in [6, 6.07) is 0.252. The largest absolute Gasteiger partial charge is 0.339 e. The van der Waals surface area contributed by atoms with Crippen molar-refractivity contribution in [3.05, 3.63) is 11.7 Å². The van der Waals surface area contributed by atoms with Gasteiger partial charge in [0.05, 0.1) is 6.04 Å². The minimum Gasteiger partial charge on any atom is -0.339 e. The second-order valence-corrected chi connectivity index (χ2v) is 5.11. The van der Waals surface area contributed by atoms with Crippen LogP contribution >= 0.6 is 0 Å². The summed E-state index contributed by atoms with van der Waals surface area (Å²) in [6.07, 6.45) is 0.862. The second kappa shape index (κ2) is 5.60. The molecule has 0 amide bonds. The van der Waals surface area contributed by atoms with Crippen molar-refractivity contribution < 1.29 is 4.52 Å². The van der Waals surface area contributed by atoms with Crippen molar-refractivity contribution in [3.63, 3.8) is 0 Å². The van der Waals surface area contributed by atoms with Crippen LogP contribution in [0.5, 0.6) is 0 Å². The zero-order valence-electron chi connectivity index (χ0n) is 10.9. The molecule has 0 aliphatic carbocycles. The molecule has 0 bridgehead atoms. The highest BCUT2D eigenvalue weighted by atomic mass is 16.5. The Hall–Kier alpha value is -0.940. The van der Waals surface area contributed by atoms with E-state index in [-0.39, 0.29) is 6.04 Å². The van der Waals surface area contributed by atoms with E-state index in [4.69, 9.17) is 4.52 Å². The second-order valence-electron chi connectivity index (χ2n) is 5.11. The van der Waals surface area contributed by atoms with Crippen molar-refractivity contribution in [3.8, 4) is 0 Å². The van der Waals surface area contributed by atoms with Gasteiger partial charge in [-0.15, -0.1) is 0 Å². The summed E-state index contributed by atoms with van der Waals surface area (Å²) in [5.74, 6) is 2.14. The Morgan fingerprint density at radius 2 is 2.00 bits per heavy atom. The molecule has 96 valence electrons. The van der Waals surface area contributed by atoms with Crippen molar-refractivity contribution >= 4 is 0 Å². The van der Waals surface area contributed by atoms with Crippen molar-refractivity contribution in [2.75, 3.05) is 26.2 Å². The van der Waals surface area contributed by atoms with Crippen LogP contribution in [0, 0.1) is 5.92 Å². The lowest BCUT2D eigenvalue weighted by molar-refractivity contribution is 0.176. The van der Waals surface area contributed by atoms with E-state index in [1.54, 1.807) is 0 Å². The van der Waals surface area contributed by atoms with Gasteiger partial charge in [-0.1, -0.05) is 19.0 Å². The summed E-state index contributed by atoms with van der Waals surface area (Å²) < 4.78 is 5.28. The Morgan fingerprint density at radius 3 is 2.65 bits per heavy atom. The Kier molecular flexibility index (Phi) is 4.12. The lowest BCUT2D eigenvalue weighted by Gasteiger charge is -2.30. The van der Waals surface area contributed by atoms with Crippen LogP contribution in [0.3, 0.4) is 0 Å². The zero-order chi connectivity index (χ0) is 12.3. The maximum absolute atomic E-state index is 5.28. The molecule has 17 heavy (non-hydrogen) atoms. The molecule has 1 saturated heterocycles. The number of nitrogens with one attached hydrogen (secondary N) is 1. The van der Waals surface area contributed by atoms with Gasteiger partial charge in [-0.3, -0.25) is 4.90 Å². The van der Waals surface area contributed by atoms with Crippen LogP contribution in [0.2, 0.25) is 0 Å². The van der Waals surface area contributed by atoms with Gasteiger partial charge in [0, 0.05) is 32.6 Å². The maximum Gasteiger partial charge on any atom is 0.226 e. The number of aromatic nitrogens is 2. The van der Waals surface area contributed by atoms with Crippen LogP contribution in [-0.2, 0) is 6.42 Å². The Bertz CT molecular complexity index is 344. The third-order valence-corrected chi connectivity index (χ3v) is 3.14. The van der Waals surface area contributed by atoms with E-state index in [9.17, 15) is 0 Å². The molecule has 0 radical (unpaired) electrons. The van der Waals surface area contributed by atoms with E-state index >= 15 is 0 Å². The van der Waals surface area contributed by atoms with Crippen LogP contribution in [0.15, 0.2) is 4.52 Å². The molecular weight excluding hydrogens is 216 g/mol. The molecule has 1 atom stereocenters. The van der Waals surface area contributed by atoms with Gasteiger partial charge >= 0.3 is 0 Å². The lowest BCUT2D eigenvalue weighted by Crippen LogP contribution is -2.44. The molecule has 5 heteroatoms. The minimum absolute atomic E-state index is 0.252. The first-order valence-electron chi connectivity index (χ1n) is 6.44. The monoisotopic (exact) mass is 238 g/mol. The van der Waals surface area contributed by atoms with E-state index in [1.165, 1.54) is 0 Å². The molecule has 1 aliphatic heterocycles. The molecule has 1 fully saturated rings. The van der Waals surface area contributed by atoms with E-state index in [0.717, 1.165) is 44.3 Å². The minimum atomic E-state index is 0.252. The Balaban J connectivity index is 1.98. The summed E-state index contributed by atoms with van der Waals surface area (Å²) in [5.41, 5.74) is 0. The van der Waals surface area contributed by atoms with Gasteiger partial charge in [-0.25, -0.2) is 0 Å². The fraction of sp³-hybridized carbons (Fsp3) is 0.833. The molecular formula is C12H22N4O. The Labute approximate surface area is 103 Å². The number of hydrogen-bond acceptors (Lipinski definition) is 5. The summed E-state index contributed by atoms with van der Waals surface area (Å²) in [7, 11) is 0. The van der Waals surface area contributed by atoms with E-state index < -0.39 is 0 Å². The van der Waals surface area contributed by atoms with E-state index in [0.29, 0.717) is 5.92 Å². The van der Waals surface area contributed by atoms with Gasteiger partial charge < -0.3 is 9.84 Å². The fourth-order valence-electron chi connectivity index (χ4n) is 2.10. The molecule has 1 aromatic rings. The molecule has 0 spiro atoms. The molecule has 2 rings (SSSR count). The predicted octanol–water partition coefficient (Wildman–Crippen LogP) is 1.23. The maximum atomic E-state index is 5.28. The van der Waals surface area contributed by atoms with E-state index in [2.05, 4.69) is 41.1 Å². The van der Waals surface area contributed by atoms with Gasteiger partial charge in [0.1, 0.15) is 0 Å². The molecule has 1 unspecified atom stereocenters. The van der Waals surface area contributed by atoms with Crippen LogP contribution in [0.1, 0.15) is 38.5 Å². The summed E-state index contributed by atoms with van der Waals surface area (Å²) >= 11 is 0. The predicted molar refractivity (Wildman–Crippen MR) is 65.7 cm³/mol. The van der Waals surface area contributed by atoms with E-state index in [1.807, 2.05) is 0 Å². The van der Waals surface area contributed by atoms with Crippen molar-refractivity contribution in [2.45, 2.75) is 33.2 Å². The average molecular weight is 238 g/mol. The van der Waals surface area contributed by atoms with Crippen LogP contribution in [0.4, 0.5) is 0 Å². The number of hydrogen-bond donors (Lipinski definition) is 1. The van der Waals surface area contributed by atoms with Gasteiger partial charge in [-0.05, 0) is 12.8 Å². The van der Waals surface area contributed by atoms with Crippen LogP contribution in [-0.4, -0.2) is 41.2 Å². The number of piperazine rings is 1. The van der Waals surface area contributed by atoms with Crippen molar-refractivity contribution in [1.82, 2.24) is 20.4 Å². The standard InChI is InChI=1S/C12H22N4O/c1-9(2)8-11-14-12(15-17-11)10(3)16-6-4-13-5-7-16/h9-10,13H,4-8H2,1-3H3. The highest BCUT2D eigenvalue weighted by Crippen LogP contribution is 2.18. The van der Waals surface area contributed by atoms with Crippen LogP contribution < -0.4 is 5.32 Å². The molecule has 0 saturated carbocycles. The third kappa shape index (κ3) is 3.26. The van der Waals surface area contributed by atoms with Gasteiger partial charge in [0.2, 0.25) is 5.89 Å². The Morgan fingerprint density at radius 1 is 1.29 bits per heavy atom. The van der Waals surface area contributed by atoms with Gasteiger partial charge in [-0.2, -0.15) is 4.98 Å². The first kappa shape index (κ1) is 12.5. The molecule has 0 aromatic carbocycles. The topological polar surface area (TPSA) is 54.2 Å².